The summed E-state index contributed by atoms with van der Waals surface area (Å²) in [4.78, 5) is 0. The van der Waals surface area contributed by atoms with Crippen molar-refractivity contribution in [3.63, 3.8) is 0 Å². The van der Waals surface area contributed by atoms with Gasteiger partial charge in [-0.3, -0.25) is 4.68 Å². The van der Waals surface area contributed by atoms with E-state index in [2.05, 4.69) is 10.4 Å². The molecule has 2 aromatic rings. The fraction of sp³-hybridized carbons (Fsp3) is 0.400. The number of aliphatic hydroxyl groups excluding tert-OH is 1. The van der Waals surface area contributed by atoms with Crippen LogP contribution < -0.4 is 5.32 Å². The lowest BCUT2D eigenvalue weighted by Gasteiger charge is -2.13. The quantitative estimate of drug-likeness (QED) is 0.772. The number of aromatic nitrogens is 2. The SMILES string of the molecule is OC(CNCc1ccc(C(F)(F)F)cc1)Cn1ccc(C(F)(F)F)n1. The molecule has 0 amide bonds. The zero-order chi connectivity index (χ0) is 18.7. The van der Waals surface area contributed by atoms with Gasteiger partial charge in [0.15, 0.2) is 5.69 Å². The number of halogens is 6. The van der Waals surface area contributed by atoms with Crippen molar-refractivity contribution in [2.45, 2.75) is 31.5 Å². The van der Waals surface area contributed by atoms with E-state index in [-0.39, 0.29) is 19.6 Å². The van der Waals surface area contributed by atoms with E-state index in [9.17, 15) is 31.4 Å². The Labute approximate surface area is 139 Å². The molecule has 1 atom stereocenters. The fourth-order valence-corrected chi connectivity index (χ4v) is 2.09. The Kier molecular flexibility index (Phi) is 5.73. The number of alkyl halides is 6. The van der Waals surface area contributed by atoms with Crippen molar-refractivity contribution >= 4 is 0 Å². The second kappa shape index (κ2) is 7.44. The van der Waals surface area contributed by atoms with E-state index in [0.29, 0.717) is 5.56 Å². The molecule has 1 aromatic carbocycles. The highest BCUT2D eigenvalue weighted by Gasteiger charge is 2.33. The predicted octanol–water partition coefficient (Wildman–Crippen LogP) is 3.07. The number of benzene rings is 1. The van der Waals surface area contributed by atoms with Crippen molar-refractivity contribution in [3.05, 3.63) is 53.3 Å². The molecule has 0 spiro atoms. The normalized spacial score (nSPS) is 13.9. The van der Waals surface area contributed by atoms with Gasteiger partial charge in [0.25, 0.3) is 0 Å². The molecule has 0 radical (unpaired) electrons. The standard InChI is InChI=1S/C15H15F6N3O/c16-14(17,18)11-3-1-10(2-4-11)7-22-8-12(25)9-24-6-5-13(23-24)15(19,20)21/h1-6,12,22,25H,7-9H2. The van der Waals surface area contributed by atoms with E-state index in [1.165, 1.54) is 12.1 Å². The third kappa shape index (κ3) is 5.75. The monoisotopic (exact) mass is 367 g/mol. The molecule has 0 aliphatic carbocycles. The number of nitrogens with one attached hydrogen (secondary N) is 1. The molecule has 10 heteroatoms. The van der Waals surface area contributed by atoms with Crippen molar-refractivity contribution in [3.8, 4) is 0 Å². The van der Waals surface area contributed by atoms with E-state index >= 15 is 0 Å². The Morgan fingerprint density at radius 3 is 2.16 bits per heavy atom. The molecular formula is C15H15F6N3O. The minimum absolute atomic E-state index is 0.0439. The zero-order valence-electron chi connectivity index (χ0n) is 12.8. The summed E-state index contributed by atoms with van der Waals surface area (Å²) in [5.74, 6) is 0. The van der Waals surface area contributed by atoms with Gasteiger partial charge in [0.05, 0.1) is 18.2 Å². The molecule has 25 heavy (non-hydrogen) atoms. The average molecular weight is 367 g/mol. The van der Waals surface area contributed by atoms with Crippen LogP contribution >= 0.6 is 0 Å². The van der Waals surface area contributed by atoms with Crippen molar-refractivity contribution in [1.29, 1.82) is 0 Å². The van der Waals surface area contributed by atoms with E-state index in [0.717, 1.165) is 29.1 Å². The van der Waals surface area contributed by atoms with E-state index in [4.69, 9.17) is 0 Å². The third-order valence-electron chi connectivity index (χ3n) is 3.32. The topological polar surface area (TPSA) is 50.1 Å². The van der Waals surface area contributed by atoms with Crippen molar-refractivity contribution in [2.75, 3.05) is 6.54 Å². The smallest absolute Gasteiger partial charge is 0.390 e. The van der Waals surface area contributed by atoms with Crippen molar-refractivity contribution < 1.29 is 31.4 Å². The molecular weight excluding hydrogens is 352 g/mol. The molecule has 1 heterocycles. The van der Waals surface area contributed by atoms with Gasteiger partial charge in [0, 0.05) is 19.3 Å². The summed E-state index contributed by atoms with van der Waals surface area (Å²) in [5.41, 5.74) is -1.22. The van der Waals surface area contributed by atoms with Crippen molar-refractivity contribution in [1.82, 2.24) is 15.1 Å². The third-order valence-corrected chi connectivity index (χ3v) is 3.32. The first-order valence-corrected chi connectivity index (χ1v) is 7.21. The minimum atomic E-state index is -4.54. The van der Waals surface area contributed by atoms with Gasteiger partial charge < -0.3 is 10.4 Å². The molecule has 2 N–H and O–H groups in total. The van der Waals surface area contributed by atoms with E-state index in [1.54, 1.807) is 0 Å². The molecule has 0 aliphatic rings. The minimum Gasteiger partial charge on any atom is -0.390 e. The van der Waals surface area contributed by atoms with Crippen LogP contribution in [-0.2, 0) is 25.4 Å². The number of rotatable bonds is 6. The van der Waals surface area contributed by atoms with Crippen LogP contribution in [0.3, 0.4) is 0 Å². The summed E-state index contributed by atoms with van der Waals surface area (Å²) < 4.78 is 75.5. The average Bonchev–Trinajstić information content (AvgIpc) is 2.95. The fourth-order valence-electron chi connectivity index (χ4n) is 2.09. The Morgan fingerprint density at radius 1 is 1.00 bits per heavy atom. The van der Waals surface area contributed by atoms with Gasteiger partial charge in [0.2, 0.25) is 0 Å². The summed E-state index contributed by atoms with van der Waals surface area (Å²) in [7, 11) is 0. The van der Waals surface area contributed by atoms with Crippen LogP contribution in [0, 0.1) is 0 Å². The Balaban J connectivity index is 1.78. The summed E-state index contributed by atoms with van der Waals surface area (Å²) in [6.45, 7) is 0.112. The van der Waals surface area contributed by atoms with Crippen LogP contribution in [0.15, 0.2) is 36.5 Å². The summed E-state index contributed by atoms with van der Waals surface area (Å²) >= 11 is 0. The molecule has 0 fully saturated rings. The van der Waals surface area contributed by atoms with Crippen LogP contribution in [0.4, 0.5) is 26.3 Å². The van der Waals surface area contributed by atoms with Gasteiger partial charge in [-0.25, -0.2) is 0 Å². The summed E-state index contributed by atoms with van der Waals surface area (Å²) in [6.07, 6.45) is -8.84. The second-order valence-electron chi connectivity index (χ2n) is 5.40. The number of nitrogens with zero attached hydrogens (tertiary/aromatic N) is 2. The number of aliphatic hydroxyl groups is 1. The van der Waals surface area contributed by atoms with Gasteiger partial charge in [0.1, 0.15) is 0 Å². The first kappa shape index (κ1) is 19.3. The van der Waals surface area contributed by atoms with Crippen LogP contribution in [-0.4, -0.2) is 27.5 Å². The van der Waals surface area contributed by atoms with Gasteiger partial charge in [-0.1, -0.05) is 12.1 Å². The maximum Gasteiger partial charge on any atom is 0.435 e. The van der Waals surface area contributed by atoms with E-state index < -0.39 is 29.7 Å². The molecule has 138 valence electrons. The lowest BCUT2D eigenvalue weighted by Crippen LogP contribution is -2.30. The Bertz CT molecular complexity index is 678. The highest BCUT2D eigenvalue weighted by molar-refractivity contribution is 5.24. The first-order chi connectivity index (χ1) is 11.6. The molecule has 0 saturated carbocycles. The van der Waals surface area contributed by atoms with Crippen LogP contribution in [0.2, 0.25) is 0 Å². The molecule has 0 bridgehead atoms. The molecule has 0 aliphatic heterocycles. The molecule has 2 rings (SSSR count). The first-order valence-electron chi connectivity index (χ1n) is 7.21. The second-order valence-corrected chi connectivity index (χ2v) is 5.40. The highest BCUT2D eigenvalue weighted by atomic mass is 19.4. The van der Waals surface area contributed by atoms with Crippen LogP contribution in [0.5, 0.6) is 0 Å². The molecule has 4 nitrogen and oxygen atoms in total. The molecule has 1 unspecified atom stereocenters. The summed E-state index contributed by atoms with van der Waals surface area (Å²) in [6, 6.07) is 5.34. The van der Waals surface area contributed by atoms with Crippen molar-refractivity contribution in [2.24, 2.45) is 0 Å². The maximum atomic E-state index is 12.4. The van der Waals surface area contributed by atoms with Gasteiger partial charge in [-0.15, -0.1) is 0 Å². The Morgan fingerprint density at radius 2 is 1.64 bits per heavy atom. The van der Waals surface area contributed by atoms with Gasteiger partial charge >= 0.3 is 12.4 Å². The van der Waals surface area contributed by atoms with E-state index in [1.807, 2.05) is 0 Å². The van der Waals surface area contributed by atoms with Gasteiger partial charge in [-0.2, -0.15) is 31.4 Å². The van der Waals surface area contributed by atoms with Crippen LogP contribution in [0.1, 0.15) is 16.8 Å². The maximum absolute atomic E-state index is 12.4. The Hall–Kier alpha value is -2.07. The number of hydrogen-bond acceptors (Lipinski definition) is 3. The lowest BCUT2D eigenvalue weighted by molar-refractivity contribution is -0.141. The molecule has 1 aromatic heterocycles. The highest BCUT2D eigenvalue weighted by Crippen LogP contribution is 2.29. The zero-order valence-corrected chi connectivity index (χ0v) is 12.8. The lowest BCUT2D eigenvalue weighted by atomic mass is 10.1. The predicted molar refractivity (Wildman–Crippen MR) is 76.4 cm³/mol. The van der Waals surface area contributed by atoms with Crippen LogP contribution in [0.25, 0.3) is 0 Å². The van der Waals surface area contributed by atoms with Gasteiger partial charge in [-0.05, 0) is 23.8 Å². The largest absolute Gasteiger partial charge is 0.435 e. The molecule has 0 saturated heterocycles. The number of hydrogen-bond donors (Lipinski definition) is 2. The summed E-state index contributed by atoms with van der Waals surface area (Å²) in [5, 5.41) is 15.9.